The molecule has 136 valence electrons. The average Bonchev–Trinajstić information content (AvgIpc) is 2.75. The van der Waals surface area contributed by atoms with Crippen molar-refractivity contribution in [1.82, 2.24) is 0 Å². The van der Waals surface area contributed by atoms with Gasteiger partial charge in [0.15, 0.2) is 0 Å². The van der Waals surface area contributed by atoms with Crippen LogP contribution in [-0.4, -0.2) is 18.9 Å². The maximum absolute atomic E-state index is 11.9. The van der Waals surface area contributed by atoms with Gasteiger partial charge in [-0.25, -0.2) is 4.79 Å². The van der Waals surface area contributed by atoms with E-state index in [2.05, 4.69) is 78.6 Å². The molecule has 0 atom stereocenters. The lowest BCUT2D eigenvalue weighted by Gasteiger charge is -2.28. The number of esters is 1. The Kier molecular flexibility index (Phi) is 6.11. The predicted molar refractivity (Wildman–Crippen MR) is 117 cm³/mol. The first-order valence-corrected chi connectivity index (χ1v) is 10.7. The van der Waals surface area contributed by atoms with Gasteiger partial charge in [-0.3, -0.25) is 0 Å². The smallest absolute Gasteiger partial charge is 0.333 e. The van der Waals surface area contributed by atoms with Crippen LogP contribution in [0.5, 0.6) is 0 Å². The van der Waals surface area contributed by atoms with E-state index < -0.39 is 6.89 Å². The Morgan fingerprint density at radius 3 is 1.44 bits per heavy atom. The molecule has 0 saturated carbocycles. The molecule has 0 radical (unpaired) electrons. The van der Waals surface area contributed by atoms with E-state index in [-0.39, 0.29) is 5.97 Å². The molecule has 0 fully saturated rings. The highest BCUT2D eigenvalue weighted by Crippen LogP contribution is 2.43. The Bertz CT molecular complexity index is 871. The summed E-state index contributed by atoms with van der Waals surface area (Å²) in [6, 6.07) is 31.5. The van der Waals surface area contributed by atoms with Crippen molar-refractivity contribution >= 4 is 34.6 Å². The summed E-state index contributed by atoms with van der Waals surface area (Å²) in [4.78, 5) is 11.9. The maximum Gasteiger partial charge on any atom is 0.333 e. The second-order valence-corrected chi connectivity index (χ2v) is 9.51. The lowest BCUT2D eigenvalue weighted by atomic mass is 10.3. The van der Waals surface area contributed by atoms with Gasteiger partial charge in [-0.2, -0.15) is 0 Å². The van der Waals surface area contributed by atoms with Crippen LogP contribution in [0.1, 0.15) is 6.92 Å². The van der Waals surface area contributed by atoms with Crippen molar-refractivity contribution < 1.29 is 9.53 Å². The van der Waals surface area contributed by atoms with Gasteiger partial charge in [0.05, 0.1) is 7.11 Å². The maximum atomic E-state index is 11.9. The largest absolute Gasteiger partial charge is 0.466 e. The molecule has 0 heterocycles. The molecule has 0 saturated heterocycles. The van der Waals surface area contributed by atoms with Crippen molar-refractivity contribution in [3.8, 4) is 0 Å². The number of hydrogen-bond acceptors (Lipinski definition) is 2. The third kappa shape index (κ3) is 3.97. The van der Waals surface area contributed by atoms with Crippen molar-refractivity contribution in [2.24, 2.45) is 0 Å². The van der Waals surface area contributed by atoms with Gasteiger partial charge >= 0.3 is 5.97 Å². The van der Waals surface area contributed by atoms with Gasteiger partial charge in [0.1, 0.15) is 0 Å². The molecule has 3 heteroatoms. The SMILES string of the molecule is COC(=O)/C(C)=C/C=P(c1ccccc1)(c1ccccc1)c1ccccc1. The van der Waals surface area contributed by atoms with Gasteiger partial charge in [-0.15, -0.1) is 0 Å². The quantitative estimate of drug-likeness (QED) is 0.385. The molecule has 0 spiro atoms. The molecule has 3 aromatic rings. The third-order valence-corrected chi connectivity index (χ3v) is 8.48. The molecule has 0 aliphatic carbocycles. The minimum Gasteiger partial charge on any atom is -0.466 e. The van der Waals surface area contributed by atoms with Crippen LogP contribution in [-0.2, 0) is 9.53 Å². The molecule has 2 nitrogen and oxygen atoms in total. The fourth-order valence-corrected chi connectivity index (χ4v) is 6.93. The summed E-state index contributed by atoms with van der Waals surface area (Å²) in [5.41, 5.74) is 0.588. The number of methoxy groups -OCH3 is 1. The van der Waals surface area contributed by atoms with E-state index in [4.69, 9.17) is 4.74 Å². The molecular weight excluding hydrogens is 351 g/mol. The fraction of sp³-hybridized carbons (Fsp3) is 0.0833. The van der Waals surface area contributed by atoms with Crippen LogP contribution in [0.25, 0.3) is 0 Å². The number of allylic oxidation sites excluding steroid dienone is 1. The second-order valence-electron chi connectivity index (χ2n) is 6.22. The van der Waals surface area contributed by atoms with Gasteiger partial charge in [-0.1, -0.05) is 103 Å². The summed E-state index contributed by atoms with van der Waals surface area (Å²) >= 11 is 0. The van der Waals surface area contributed by atoms with Crippen LogP contribution >= 0.6 is 6.89 Å². The minimum absolute atomic E-state index is 0.307. The number of ether oxygens (including phenoxy) is 1. The molecular formula is C24H23O2P. The van der Waals surface area contributed by atoms with E-state index in [0.29, 0.717) is 5.57 Å². The van der Waals surface area contributed by atoms with E-state index in [1.165, 1.54) is 23.0 Å². The Balaban J connectivity index is 2.38. The van der Waals surface area contributed by atoms with E-state index in [0.717, 1.165) is 0 Å². The number of hydrogen-bond donors (Lipinski definition) is 0. The third-order valence-electron chi connectivity index (χ3n) is 4.55. The highest BCUT2D eigenvalue weighted by atomic mass is 31.2. The summed E-state index contributed by atoms with van der Waals surface area (Å²) in [5.74, 6) is 1.90. The van der Waals surface area contributed by atoms with Crippen molar-refractivity contribution in [2.45, 2.75) is 6.92 Å². The Hall–Kier alpha value is -2.83. The molecule has 27 heavy (non-hydrogen) atoms. The second kappa shape index (κ2) is 8.70. The molecule has 0 amide bonds. The molecule has 0 aliphatic heterocycles. The zero-order valence-corrected chi connectivity index (χ0v) is 16.5. The summed E-state index contributed by atoms with van der Waals surface area (Å²) < 4.78 is 4.88. The number of carbonyl (C=O) groups is 1. The van der Waals surface area contributed by atoms with E-state index in [9.17, 15) is 4.79 Å². The van der Waals surface area contributed by atoms with Crippen LogP contribution in [0.2, 0.25) is 0 Å². The van der Waals surface area contributed by atoms with Crippen molar-refractivity contribution in [3.05, 3.63) is 103 Å². The first-order valence-electron chi connectivity index (χ1n) is 8.85. The van der Waals surface area contributed by atoms with E-state index >= 15 is 0 Å². The highest BCUT2D eigenvalue weighted by Gasteiger charge is 2.24. The summed E-state index contributed by atoms with van der Waals surface area (Å²) in [5, 5.41) is 3.74. The monoisotopic (exact) mass is 374 g/mol. The van der Waals surface area contributed by atoms with E-state index in [1.807, 2.05) is 24.3 Å². The van der Waals surface area contributed by atoms with Crippen LogP contribution in [0.4, 0.5) is 0 Å². The summed E-state index contributed by atoms with van der Waals surface area (Å²) in [6.07, 6.45) is 1.91. The lowest BCUT2D eigenvalue weighted by molar-refractivity contribution is -0.136. The van der Waals surface area contributed by atoms with Crippen LogP contribution in [0.3, 0.4) is 0 Å². The van der Waals surface area contributed by atoms with Crippen LogP contribution < -0.4 is 15.9 Å². The first kappa shape index (κ1) is 18.9. The first-order chi connectivity index (χ1) is 13.2. The Morgan fingerprint density at radius 1 is 0.741 bits per heavy atom. The van der Waals surface area contributed by atoms with Crippen LogP contribution in [0, 0.1) is 0 Å². The Morgan fingerprint density at radius 2 is 1.11 bits per heavy atom. The fourth-order valence-electron chi connectivity index (χ4n) is 3.15. The van der Waals surface area contributed by atoms with Gasteiger partial charge in [-0.05, 0) is 29.7 Å². The van der Waals surface area contributed by atoms with Crippen molar-refractivity contribution in [1.29, 1.82) is 0 Å². The van der Waals surface area contributed by atoms with Gasteiger partial charge in [0, 0.05) is 5.57 Å². The number of benzene rings is 3. The zero-order chi connectivity index (χ0) is 19.1. The molecule has 0 unspecified atom stereocenters. The highest BCUT2D eigenvalue weighted by molar-refractivity contribution is 7.94. The Labute approximate surface area is 161 Å². The zero-order valence-electron chi connectivity index (χ0n) is 15.6. The molecule has 0 aromatic heterocycles. The minimum atomic E-state index is -2.07. The van der Waals surface area contributed by atoms with Gasteiger partial charge < -0.3 is 4.74 Å². The average molecular weight is 374 g/mol. The standard InChI is InChI=1S/C24H23O2P/c1-20(24(25)26-2)18-19-27(21-12-6-3-7-13-21,22-14-8-4-9-15-22)23-16-10-5-11-17-23/h3-19H,1-2H3/b20-18+. The normalized spacial score (nSPS) is 11.7. The van der Waals surface area contributed by atoms with E-state index in [1.54, 1.807) is 6.92 Å². The van der Waals surface area contributed by atoms with Crippen LogP contribution in [0.15, 0.2) is 103 Å². The number of carbonyl (C=O) groups excluding carboxylic acids is 1. The molecule has 3 rings (SSSR count). The summed E-state index contributed by atoms with van der Waals surface area (Å²) in [6.45, 7) is -0.277. The summed E-state index contributed by atoms with van der Waals surface area (Å²) in [7, 11) is 1.41. The van der Waals surface area contributed by atoms with Gasteiger partial charge in [0.25, 0.3) is 0 Å². The predicted octanol–water partition coefficient (Wildman–Crippen LogP) is 3.90. The molecule has 0 aliphatic rings. The molecule has 0 N–H and O–H groups in total. The van der Waals surface area contributed by atoms with Gasteiger partial charge in [0.2, 0.25) is 0 Å². The van der Waals surface area contributed by atoms with Crippen molar-refractivity contribution in [2.75, 3.05) is 7.11 Å². The molecule has 0 bridgehead atoms. The molecule has 3 aromatic carbocycles. The lowest BCUT2D eigenvalue weighted by Crippen LogP contribution is -2.26. The topological polar surface area (TPSA) is 26.3 Å². The number of rotatable bonds is 5. The van der Waals surface area contributed by atoms with Crippen molar-refractivity contribution in [3.63, 3.8) is 0 Å².